The molecule has 0 aliphatic heterocycles. The first kappa shape index (κ1) is 35.5. The predicted molar refractivity (Wildman–Crippen MR) is 256 cm³/mol. The fraction of sp³-hybridized carbons (Fsp3) is 0. The van der Waals surface area contributed by atoms with Gasteiger partial charge < -0.3 is 9.13 Å². The Morgan fingerprint density at radius 3 is 1.44 bits per heavy atom. The Bertz CT molecular complexity index is 3570. The lowest BCUT2D eigenvalue weighted by atomic mass is 9.98. The summed E-state index contributed by atoms with van der Waals surface area (Å²) in [6, 6.07) is 79.4. The number of nitrogens with zero attached hydrogens (tertiary/aromatic N) is 5. The van der Waals surface area contributed by atoms with Crippen molar-refractivity contribution in [2.24, 2.45) is 0 Å². The maximum absolute atomic E-state index is 5.01. The number of benzene rings is 9. The van der Waals surface area contributed by atoms with Gasteiger partial charge in [0.15, 0.2) is 17.5 Å². The second-order valence-corrected chi connectivity index (χ2v) is 15.6. The van der Waals surface area contributed by atoms with E-state index in [2.05, 4.69) is 173 Å². The van der Waals surface area contributed by atoms with E-state index in [0.717, 1.165) is 50.2 Å². The van der Waals surface area contributed by atoms with Gasteiger partial charge in [0.25, 0.3) is 0 Å². The highest BCUT2D eigenvalue weighted by Gasteiger charge is 2.19. The average Bonchev–Trinajstić information content (AvgIpc) is 3.87. The van der Waals surface area contributed by atoms with Crippen molar-refractivity contribution in [3.05, 3.63) is 224 Å². The number of hydrogen-bond acceptors (Lipinski definition) is 3. The van der Waals surface area contributed by atoms with Crippen LogP contribution >= 0.6 is 0 Å². The Morgan fingerprint density at radius 2 is 0.726 bits per heavy atom. The summed E-state index contributed by atoms with van der Waals surface area (Å²) >= 11 is 0. The zero-order valence-electron chi connectivity index (χ0n) is 33.6. The molecule has 0 saturated heterocycles. The molecule has 9 aromatic carbocycles. The molecule has 3 aromatic heterocycles. The minimum Gasteiger partial charge on any atom is -0.309 e. The highest BCUT2D eigenvalue weighted by Crippen LogP contribution is 2.41. The number of fused-ring (bicyclic) bond motifs is 6. The van der Waals surface area contributed by atoms with Crippen molar-refractivity contribution in [2.45, 2.75) is 0 Å². The summed E-state index contributed by atoms with van der Waals surface area (Å²) < 4.78 is 4.78. The van der Waals surface area contributed by atoms with Crippen LogP contribution in [0.2, 0.25) is 0 Å². The highest BCUT2D eigenvalue weighted by atomic mass is 15.0. The van der Waals surface area contributed by atoms with Crippen molar-refractivity contribution in [1.29, 1.82) is 0 Å². The minimum atomic E-state index is 0.633. The van der Waals surface area contributed by atoms with Gasteiger partial charge in [-0.2, -0.15) is 0 Å². The van der Waals surface area contributed by atoms with Gasteiger partial charge in [0.1, 0.15) is 0 Å². The molecule has 0 spiro atoms. The van der Waals surface area contributed by atoms with E-state index in [9.17, 15) is 0 Å². The molecule has 0 atom stereocenters. The molecule has 0 radical (unpaired) electrons. The van der Waals surface area contributed by atoms with Crippen molar-refractivity contribution in [3.63, 3.8) is 0 Å². The van der Waals surface area contributed by atoms with Gasteiger partial charge in [0.05, 0.1) is 22.1 Å². The summed E-state index contributed by atoms with van der Waals surface area (Å²) in [5.41, 5.74) is 14.4. The van der Waals surface area contributed by atoms with Gasteiger partial charge in [-0.3, -0.25) is 0 Å². The molecule has 0 bridgehead atoms. The highest BCUT2D eigenvalue weighted by molar-refractivity contribution is 6.17. The van der Waals surface area contributed by atoms with Crippen LogP contribution in [0.3, 0.4) is 0 Å². The molecular formula is C57H37N5. The Labute approximate surface area is 358 Å². The van der Waals surface area contributed by atoms with Gasteiger partial charge in [-0.05, 0) is 82.9 Å². The zero-order chi connectivity index (χ0) is 41.0. The molecule has 12 aromatic rings. The quantitative estimate of drug-likeness (QED) is 0.162. The fourth-order valence-corrected chi connectivity index (χ4v) is 9.13. The van der Waals surface area contributed by atoms with E-state index < -0.39 is 0 Å². The molecule has 62 heavy (non-hydrogen) atoms. The van der Waals surface area contributed by atoms with Crippen molar-refractivity contribution in [3.8, 4) is 67.8 Å². The summed E-state index contributed by atoms with van der Waals surface area (Å²) in [5, 5.41) is 4.94. The Morgan fingerprint density at radius 1 is 0.258 bits per heavy atom. The third kappa shape index (κ3) is 5.98. The minimum absolute atomic E-state index is 0.633. The SMILES string of the molecule is c1ccc(-c2nc(-c3ccccc3)nc(-c3cccc(-c4cccc(-n5c6ccccc6c6c(-c7ccc8c(c7)c7ccccc7n8-c7ccccc7)cccc65)c4)c3)n2)cc1. The van der Waals surface area contributed by atoms with Crippen molar-refractivity contribution in [2.75, 3.05) is 0 Å². The lowest BCUT2D eigenvalue weighted by Gasteiger charge is -2.12. The molecule has 0 saturated carbocycles. The van der Waals surface area contributed by atoms with E-state index in [1.165, 1.54) is 43.7 Å². The molecular weight excluding hydrogens is 755 g/mol. The number of rotatable bonds is 7. The first-order valence-electron chi connectivity index (χ1n) is 20.9. The van der Waals surface area contributed by atoms with E-state index in [4.69, 9.17) is 15.0 Å². The molecule has 290 valence electrons. The second-order valence-electron chi connectivity index (χ2n) is 15.6. The fourth-order valence-electron chi connectivity index (χ4n) is 9.13. The smallest absolute Gasteiger partial charge is 0.164 e. The number of aromatic nitrogens is 5. The van der Waals surface area contributed by atoms with Crippen LogP contribution < -0.4 is 0 Å². The van der Waals surface area contributed by atoms with Crippen molar-refractivity contribution < 1.29 is 0 Å². The predicted octanol–water partition coefficient (Wildman–Crippen LogP) is 14.4. The molecule has 5 heteroatoms. The summed E-state index contributed by atoms with van der Waals surface area (Å²) in [7, 11) is 0. The largest absolute Gasteiger partial charge is 0.309 e. The van der Waals surface area contributed by atoms with Crippen LogP contribution in [0.15, 0.2) is 224 Å². The summed E-state index contributed by atoms with van der Waals surface area (Å²) in [6.07, 6.45) is 0. The van der Waals surface area contributed by atoms with Gasteiger partial charge in [0, 0.05) is 49.6 Å². The molecule has 0 N–H and O–H groups in total. The van der Waals surface area contributed by atoms with Gasteiger partial charge in [0.2, 0.25) is 0 Å². The normalized spacial score (nSPS) is 11.5. The van der Waals surface area contributed by atoms with Crippen LogP contribution in [0.1, 0.15) is 0 Å². The van der Waals surface area contributed by atoms with E-state index in [-0.39, 0.29) is 0 Å². The van der Waals surface area contributed by atoms with Crippen LogP contribution in [0.4, 0.5) is 0 Å². The van der Waals surface area contributed by atoms with E-state index >= 15 is 0 Å². The van der Waals surface area contributed by atoms with E-state index in [1.54, 1.807) is 0 Å². The molecule has 5 nitrogen and oxygen atoms in total. The van der Waals surface area contributed by atoms with Crippen LogP contribution in [-0.4, -0.2) is 24.1 Å². The van der Waals surface area contributed by atoms with Crippen molar-refractivity contribution >= 4 is 43.6 Å². The number of hydrogen-bond donors (Lipinski definition) is 0. The average molecular weight is 792 g/mol. The van der Waals surface area contributed by atoms with Crippen molar-refractivity contribution in [1.82, 2.24) is 24.1 Å². The summed E-state index contributed by atoms with van der Waals surface area (Å²) in [4.78, 5) is 14.9. The topological polar surface area (TPSA) is 48.5 Å². The maximum Gasteiger partial charge on any atom is 0.164 e. The first-order chi connectivity index (χ1) is 30.7. The van der Waals surface area contributed by atoms with Gasteiger partial charge in [-0.15, -0.1) is 0 Å². The zero-order valence-corrected chi connectivity index (χ0v) is 33.6. The van der Waals surface area contributed by atoms with Crippen LogP contribution in [0.25, 0.3) is 111 Å². The summed E-state index contributed by atoms with van der Waals surface area (Å²) in [5.74, 6) is 1.92. The molecule has 3 heterocycles. The molecule has 0 aliphatic carbocycles. The molecule has 0 amide bonds. The summed E-state index contributed by atoms with van der Waals surface area (Å²) in [6.45, 7) is 0. The Kier molecular flexibility index (Phi) is 8.42. The van der Waals surface area contributed by atoms with Crippen LogP contribution in [0.5, 0.6) is 0 Å². The van der Waals surface area contributed by atoms with Gasteiger partial charge >= 0.3 is 0 Å². The standard InChI is InChI=1S/C57H37N5/c1-4-17-38(18-5-1)55-58-56(39-19-6-2-7-20-39)60-57(59-55)43-23-14-21-40(35-43)41-22-15-26-45(36-41)62-51-31-13-11-28-48(51)54-46(29-16-32-53(54)62)42-33-34-52-49(37-42)47-27-10-12-30-50(47)61(52)44-24-8-3-9-25-44/h1-37H. The first-order valence-corrected chi connectivity index (χ1v) is 20.9. The molecule has 12 rings (SSSR count). The van der Waals surface area contributed by atoms with Crippen LogP contribution in [0, 0.1) is 0 Å². The third-order valence-corrected chi connectivity index (χ3v) is 12.0. The van der Waals surface area contributed by atoms with Crippen LogP contribution in [-0.2, 0) is 0 Å². The van der Waals surface area contributed by atoms with Gasteiger partial charge in [-0.1, -0.05) is 164 Å². The maximum atomic E-state index is 5.01. The lowest BCUT2D eigenvalue weighted by Crippen LogP contribution is -2.00. The Balaban J connectivity index is 0.978. The Hall–Kier alpha value is -8.41. The monoisotopic (exact) mass is 791 g/mol. The second kappa shape index (κ2) is 14.7. The molecule has 0 fully saturated rings. The van der Waals surface area contributed by atoms with Gasteiger partial charge in [-0.25, -0.2) is 15.0 Å². The third-order valence-electron chi connectivity index (χ3n) is 12.0. The van der Waals surface area contributed by atoms with E-state index in [0.29, 0.717) is 17.5 Å². The molecule has 0 unspecified atom stereocenters. The number of para-hydroxylation sites is 3. The lowest BCUT2D eigenvalue weighted by molar-refractivity contribution is 1.07. The van der Waals surface area contributed by atoms with E-state index in [1.807, 2.05) is 60.7 Å². The molecule has 0 aliphatic rings.